The summed E-state index contributed by atoms with van der Waals surface area (Å²) in [7, 11) is 0. The molecule has 136 valence electrons. The Labute approximate surface area is 156 Å². The predicted molar refractivity (Wildman–Crippen MR) is 104 cm³/mol. The van der Waals surface area contributed by atoms with Crippen molar-refractivity contribution in [2.24, 2.45) is 0 Å². The monoisotopic (exact) mass is 349 g/mol. The van der Waals surface area contributed by atoms with E-state index < -0.39 is 6.10 Å². The van der Waals surface area contributed by atoms with Crippen LogP contribution >= 0.6 is 0 Å². The van der Waals surface area contributed by atoms with Gasteiger partial charge in [-0.1, -0.05) is 42.0 Å². The van der Waals surface area contributed by atoms with Crippen LogP contribution in [0.4, 0.5) is 0 Å². The quantitative estimate of drug-likeness (QED) is 0.841. The lowest BCUT2D eigenvalue weighted by atomic mass is 10.0. The van der Waals surface area contributed by atoms with Gasteiger partial charge in [-0.25, -0.2) is 0 Å². The van der Waals surface area contributed by atoms with E-state index >= 15 is 0 Å². The van der Waals surface area contributed by atoms with Gasteiger partial charge in [-0.2, -0.15) is 5.26 Å². The Balaban J connectivity index is 1.41. The summed E-state index contributed by atoms with van der Waals surface area (Å²) in [6, 6.07) is 18.6. The number of benzene rings is 2. The first-order chi connectivity index (χ1) is 12.6. The molecule has 2 N–H and O–H groups in total. The number of rotatable bonds is 6. The topological polar surface area (TPSA) is 59.3 Å². The highest BCUT2D eigenvalue weighted by Gasteiger charge is 2.20. The van der Waals surface area contributed by atoms with Crippen LogP contribution in [-0.2, 0) is 6.54 Å². The van der Waals surface area contributed by atoms with Crippen molar-refractivity contribution in [1.29, 1.82) is 5.26 Å². The zero-order valence-corrected chi connectivity index (χ0v) is 15.4. The molecule has 0 bridgehead atoms. The Morgan fingerprint density at radius 1 is 1.19 bits per heavy atom. The molecule has 0 spiro atoms. The van der Waals surface area contributed by atoms with Crippen molar-refractivity contribution in [2.45, 2.75) is 38.5 Å². The fourth-order valence-electron chi connectivity index (χ4n) is 3.51. The maximum absolute atomic E-state index is 10.4. The molecule has 1 atom stereocenters. The molecular weight excluding hydrogens is 322 g/mol. The lowest BCUT2D eigenvalue weighted by Crippen LogP contribution is -2.43. The highest BCUT2D eigenvalue weighted by molar-refractivity contribution is 5.31. The molecule has 1 aliphatic heterocycles. The summed E-state index contributed by atoms with van der Waals surface area (Å²) in [6.45, 7) is 5.69. The molecule has 4 heteroatoms. The summed E-state index contributed by atoms with van der Waals surface area (Å²) >= 11 is 0. The maximum atomic E-state index is 10.4. The number of aliphatic hydroxyl groups is 1. The minimum atomic E-state index is -0.452. The normalized spacial score (nSPS) is 17.0. The van der Waals surface area contributed by atoms with Gasteiger partial charge in [0, 0.05) is 19.1 Å². The second-order valence-electron chi connectivity index (χ2n) is 7.20. The molecule has 0 amide bonds. The van der Waals surface area contributed by atoms with E-state index in [9.17, 15) is 5.11 Å². The molecule has 0 saturated carbocycles. The molecule has 3 rings (SSSR count). The second kappa shape index (κ2) is 8.95. The van der Waals surface area contributed by atoms with E-state index in [0.717, 1.165) is 38.0 Å². The highest BCUT2D eigenvalue weighted by Crippen LogP contribution is 2.17. The first-order valence-corrected chi connectivity index (χ1v) is 9.33. The Morgan fingerprint density at radius 2 is 1.92 bits per heavy atom. The molecule has 0 aliphatic carbocycles. The van der Waals surface area contributed by atoms with Crippen LogP contribution in [0.5, 0.6) is 0 Å². The van der Waals surface area contributed by atoms with E-state index in [4.69, 9.17) is 5.26 Å². The van der Waals surface area contributed by atoms with Gasteiger partial charge in [0.1, 0.15) is 0 Å². The fourth-order valence-corrected chi connectivity index (χ4v) is 3.51. The van der Waals surface area contributed by atoms with Crippen molar-refractivity contribution in [1.82, 2.24) is 10.2 Å². The Hall–Kier alpha value is -2.19. The summed E-state index contributed by atoms with van der Waals surface area (Å²) < 4.78 is 0. The first-order valence-electron chi connectivity index (χ1n) is 9.33. The number of nitriles is 1. The van der Waals surface area contributed by atoms with Crippen molar-refractivity contribution in [3.05, 3.63) is 70.8 Å². The van der Waals surface area contributed by atoms with Gasteiger partial charge in [0.15, 0.2) is 0 Å². The average Bonchev–Trinajstić information content (AvgIpc) is 2.68. The molecule has 2 aromatic rings. The van der Waals surface area contributed by atoms with Crippen LogP contribution in [0.2, 0.25) is 0 Å². The molecule has 1 saturated heterocycles. The van der Waals surface area contributed by atoms with Gasteiger partial charge in [-0.3, -0.25) is 4.90 Å². The van der Waals surface area contributed by atoms with Crippen molar-refractivity contribution >= 4 is 0 Å². The number of nitrogens with zero attached hydrogens (tertiary/aromatic N) is 2. The third-order valence-electron chi connectivity index (χ3n) is 5.10. The predicted octanol–water partition coefficient (Wildman–Crippen LogP) is 3.15. The molecule has 2 aromatic carbocycles. The van der Waals surface area contributed by atoms with Gasteiger partial charge in [0.25, 0.3) is 0 Å². The van der Waals surface area contributed by atoms with Crippen molar-refractivity contribution < 1.29 is 5.11 Å². The average molecular weight is 349 g/mol. The van der Waals surface area contributed by atoms with Crippen LogP contribution < -0.4 is 5.32 Å². The van der Waals surface area contributed by atoms with E-state index in [0.29, 0.717) is 18.2 Å². The second-order valence-corrected chi connectivity index (χ2v) is 7.20. The summed E-state index contributed by atoms with van der Waals surface area (Å²) in [4.78, 5) is 2.45. The van der Waals surface area contributed by atoms with Gasteiger partial charge >= 0.3 is 0 Å². The van der Waals surface area contributed by atoms with Crippen LogP contribution in [0, 0.1) is 18.3 Å². The Bertz CT molecular complexity index is 743. The molecule has 1 heterocycles. The van der Waals surface area contributed by atoms with E-state index in [1.165, 1.54) is 11.1 Å². The van der Waals surface area contributed by atoms with Crippen LogP contribution in [0.25, 0.3) is 0 Å². The third kappa shape index (κ3) is 5.15. The van der Waals surface area contributed by atoms with E-state index in [-0.39, 0.29) is 0 Å². The molecular formula is C22H27N3O. The third-order valence-corrected chi connectivity index (χ3v) is 5.10. The van der Waals surface area contributed by atoms with Crippen LogP contribution in [0.3, 0.4) is 0 Å². The van der Waals surface area contributed by atoms with Crippen LogP contribution in [-0.4, -0.2) is 35.7 Å². The van der Waals surface area contributed by atoms with Gasteiger partial charge in [-0.15, -0.1) is 0 Å². The van der Waals surface area contributed by atoms with Crippen molar-refractivity contribution in [3.8, 4) is 6.07 Å². The molecule has 1 unspecified atom stereocenters. The smallest absolute Gasteiger partial charge is 0.0991 e. The summed E-state index contributed by atoms with van der Waals surface area (Å²) in [6.07, 6.45) is 1.74. The zero-order chi connectivity index (χ0) is 18.4. The fraction of sp³-hybridized carbons (Fsp3) is 0.409. The standard InChI is InChI=1S/C22H27N3O/c1-17-3-2-4-20(13-17)22(26)15-24-21-9-11-25(12-10-21)16-19-7-5-18(14-23)6-8-19/h2-8,13,21-22,24,26H,9-12,15-16H2,1H3. The van der Waals surface area contributed by atoms with Crippen LogP contribution in [0.1, 0.15) is 41.2 Å². The Kier molecular flexibility index (Phi) is 6.40. The van der Waals surface area contributed by atoms with Crippen molar-refractivity contribution in [2.75, 3.05) is 19.6 Å². The van der Waals surface area contributed by atoms with Crippen molar-refractivity contribution in [3.63, 3.8) is 0 Å². The number of aryl methyl sites for hydroxylation is 1. The van der Waals surface area contributed by atoms with Gasteiger partial charge in [-0.05, 0) is 56.1 Å². The van der Waals surface area contributed by atoms with Gasteiger partial charge < -0.3 is 10.4 Å². The minimum Gasteiger partial charge on any atom is -0.387 e. The molecule has 4 nitrogen and oxygen atoms in total. The maximum Gasteiger partial charge on any atom is 0.0991 e. The van der Waals surface area contributed by atoms with E-state index in [2.05, 4.69) is 16.3 Å². The number of hydrogen-bond donors (Lipinski definition) is 2. The summed E-state index contributed by atoms with van der Waals surface area (Å²) in [5.41, 5.74) is 4.13. The van der Waals surface area contributed by atoms with Gasteiger partial charge in [0.05, 0.1) is 17.7 Å². The lowest BCUT2D eigenvalue weighted by molar-refractivity contribution is 0.149. The molecule has 1 fully saturated rings. The largest absolute Gasteiger partial charge is 0.387 e. The highest BCUT2D eigenvalue weighted by atomic mass is 16.3. The molecule has 26 heavy (non-hydrogen) atoms. The summed E-state index contributed by atoms with van der Waals surface area (Å²) in [5.74, 6) is 0. The summed E-state index contributed by atoms with van der Waals surface area (Å²) in [5, 5.41) is 22.8. The number of hydrogen-bond acceptors (Lipinski definition) is 4. The number of aliphatic hydroxyl groups excluding tert-OH is 1. The van der Waals surface area contributed by atoms with Crippen LogP contribution in [0.15, 0.2) is 48.5 Å². The first kappa shape index (κ1) is 18.6. The van der Waals surface area contributed by atoms with Gasteiger partial charge in [0.2, 0.25) is 0 Å². The SMILES string of the molecule is Cc1cccc(C(O)CNC2CCN(Cc3ccc(C#N)cc3)CC2)c1. The zero-order valence-electron chi connectivity index (χ0n) is 15.4. The lowest BCUT2D eigenvalue weighted by Gasteiger charge is -2.33. The van der Waals surface area contributed by atoms with E-state index in [1.807, 2.05) is 55.5 Å². The van der Waals surface area contributed by atoms with E-state index in [1.54, 1.807) is 0 Å². The molecule has 1 aliphatic rings. The minimum absolute atomic E-state index is 0.452. The molecule has 0 aromatic heterocycles. The Morgan fingerprint density at radius 3 is 2.58 bits per heavy atom. The number of likely N-dealkylation sites (tertiary alicyclic amines) is 1. The molecule has 0 radical (unpaired) electrons. The number of piperidine rings is 1. The number of nitrogens with one attached hydrogen (secondary N) is 1.